The molecule has 0 amide bonds. The topological polar surface area (TPSA) is 22.3 Å². The second-order valence-corrected chi connectivity index (χ2v) is 5.43. The van der Waals surface area contributed by atoms with Crippen molar-refractivity contribution in [2.45, 2.75) is 13.0 Å². The van der Waals surface area contributed by atoms with Gasteiger partial charge in [0.2, 0.25) is 5.69 Å². The summed E-state index contributed by atoms with van der Waals surface area (Å²) in [6.45, 7) is 0.794. The third kappa shape index (κ3) is 2.02. The van der Waals surface area contributed by atoms with Gasteiger partial charge in [0.15, 0.2) is 6.54 Å². The van der Waals surface area contributed by atoms with E-state index in [9.17, 15) is 0 Å². The van der Waals surface area contributed by atoms with Crippen LogP contribution in [0.4, 0.5) is 0 Å². The molecule has 104 valence electrons. The van der Waals surface area contributed by atoms with Gasteiger partial charge in [0, 0.05) is 24.1 Å². The summed E-state index contributed by atoms with van der Waals surface area (Å²) >= 11 is 12.4. The molecule has 3 nitrogen and oxygen atoms in total. The number of benzene rings is 1. The highest BCUT2D eigenvalue weighted by Gasteiger charge is 2.31. The third-order valence-electron chi connectivity index (χ3n) is 3.59. The molecule has 3 rings (SSSR count). The van der Waals surface area contributed by atoms with Crippen molar-refractivity contribution in [2.75, 3.05) is 14.2 Å². The van der Waals surface area contributed by atoms with Crippen LogP contribution in [0.1, 0.15) is 5.56 Å². The van der Waals surface area contributed by atoms with E-state index >= 15 is 0 Å². The lowest BCUT2D eigenvalue weighted by Crippen LogP contribution is -2.41. The number of hydrogen-bond donors (Lipinski definition) is 0. The van der Waals surface area contributed by atoms with Crippen LogP contribution in [0.2, 0.25) is 10.2 Å². The number of ether oxygens (including phenoxy) is 2. The largest absolute Gasteiger partial charge is 0.496 e. The molecule has 0 spiro atoms. The highest BCUT2D eigenvalue weighted by molar-refractivity contribution is 6.33. The van der Waals surface area contributed by atoms with E-state index in [1.807, 2.05) is 22.8 Å². The van der Waals surface area contributed by atoms with Crippen LogP contribution in [0.3, 0.4) is 0 Å². The summed E-state index contributed by atoms with van der Waals surface area (Å²) in [4.78, 5) is 0. The second-order valence-electron chi connectivity index (χ2n) is 4.61. The summed E-state index contributed by atoms with van der Waals surface area (Å²) in [5.41, 5.74) is 3.09. The Bertz CT molecular complexity index is 686. The molecule has 2 aromatic rings. The first-order valence-electron chi connectivity index (χ1n) is 6.29. The molecule has 0 aliphatic carbocycles. The molecule has 0 saturated heterocycles. The monoisotopic (exact) mass is 310 g/mol. The van der Waals surface area contributed by atoms with E-state index < -0.39 is 0 Å². The van der Waals surface area contributed by atoms with Crippen LogP contribution in [0, 0.1) is 0 Å². The molecule has 1 aliphatic rings. The lowest BCUT2D eigenvalue weighted by Gasteiger charge is -2.20. The van der Waals surface area contributed by atoms with E-state index in [1.54, 1.807) is 20.3 Å². The molecule has 0 N–H and O–H groups in total. The highest BCUT2D eigenvalue weighted by Crippen LogP contribution is 2.40. The van der Waals surface area contributed by atoms with Crippen molar-refractivity contribution in [3.63, 3.8) is 0 Å². The number of pyridine rings is 1. The lowest BCUT2D eigenvalue weighted by molar-refractivity contribution is -0.685. The van der Waals surface area contributed by atoms with Gasteiger partial charge < -0.3 is 9.47 Å². The zero-order valence-corrected chi connectivity index (χ0v) is 12.8. The van der Waals surface area contributed by atoms with Gasteiger partial charge in [-0.1, -0.05) is 11.6 Å². The summed E-state index contributed by atoms with van der Waals surface area (Å²) in [6.07, 6.45) is 0.842. The molecule has 2 heterocycles. The smallest absolute Gasteiger partial charge is 0.276 e. The maximum Gasteiger partial charge on any atom is 0.276 e. The fourth-order valence-electron chi connectivity index (χ4n) is 2.71. The van der Waals surface area contributed by atoms with Crippen molar-refractivity contribution in [3.8, 4) is 22.8 Å². The first-order valence-corrected chi connectivity index (χ1v) is 7.04. The number of methoxy groups -OCH3 is 2. The third-order valence-corrected chi connectivity index (χ3v) is 4.12. The maximum atomic E-state index is 6.29. The second kappa shape index (κ2) is 5.15. The summed E-state index contributed by atoms with van der Waals surface area (Å²) in [7, 11) is 3.34. The van der Waals surface area contributed by atoms with Crippen LogP contribution in [0.15, 0.2) is 24.3 Å². The lowest BCUT2D eigenvalue weighted by atomic mass is 9.95. The molecular formula is C15H14Cl2NO2+. The van der Waals surface area contributed by atoms with Crippen molar-refractivity contribution >= 4 is 23.2 Å². The Morgan fingerprint density at radius 3 is 2.45 bits per heavy atom. The van der Waals surface area contributed by atoms with Crippen molar-refractivity contribution in [2.24, 2.45) is 0 Å². The fourth-order valence-corrected chi connectivity index (χ4v) is 3.27. The standard InChI is InChI=1S/C15H14Cl2NO2/c1-19-12-3-4-13(20-2)15-10(12)5-6-18-11(15)7-9(16)8-14(18)17/h3-4,7-8H,5-6H2,1-2H3/q+1. The van der Waals surface area contributed by atoms with Crippen LogP contribution < -0.4 is 14.0 Å². The molecule has 1 aromatic carbocycles. The SMILES string of the molecule is COc1ccc(OC)c2c1CC[n+]1c(Cl)cc(Cl)cc1-2. The first kappa shape index (κ1) is 13.5. The average molecular weight is 311 g/mol. The van der Waals surface area contributed by atoms with Gasteiger partial charge in [-0.05, 0) is 23.7 Å². The van der Waals surface area contributed by atoms with Crippen molar-refractivity contribution in [1.29, 1.82) is 0 Å². The van der Waals surface area contributed by atoms with E-state index in [1.165, 1.54) is 0 Å². The van der Waals surface area contributed by atoms with E-state index in [4.69, 9.17) is 32.7 Å². The summed E-state index contributed by atoms with van der Waals surface area (Å²) in [5.74, 6) is 1.66. The number of hydrogen-bond acceptors (Lipinski definition) is 2. The Morgan fingerprint density at radius 1 is 1.05 bits per heavy atom. The Hall–Kier alpha value is -1.45. The predicted molar refractivity (Wildman–Crippen MR) is 78.9 cm³/mol. The van der Waals surface area contributed by atoms with Crippen molar-refractivity contribution < 1.29 is 14.0 Å². The van der Waals surface area contributed by atoms with Gasteiger partial charge in [0.05, 0.1) is 24.8 Å². The number of rotatable bonds is 2. The minimum atomic E-state index is 0.610. The highest BCUT2D eigenvalue weighted by atomic mass is 35.5. The molecule has 1 aromatic heterocycles. The van der Waals surface area contributed by atoms with Gasteiger partial charge in [-0.3, -0.25) is 0 Å². The zero-order valence-electron chi connectivity index (χ0n) is 11.2. The van der Waals surface area contributed by atoms with Crippen LogP contribution >= 0.6 is 23.2 Å². The van der Waals surface area contributed by atoms with Crippen LogP contribution in [-0.2, 0) is 13.0 Å². The number of nitrogens with zero attached hydrogens (tertiary/aromatic N) is 1. The van der Waals surface area contributed by atoms with Gasteiger partial charge in [-0.15, -0.1) is 0 Å². The first-order chi connectivity index (χ1) is 9.65. The quantitative estimate of drug-likeness (QED) is 0.625. The average Bonchev–Trinajstić information content (AvgIpc) is 2.45. The minimum absolute atomic E-state index is 0.610. The molecular weight excluding hydrogens is 297 g/mol. The van der Waals surface area contributed by atoms with E-state index in [0.717, 1.165) is 41.3 Å². The summed E-state index contributed by atoms with van der Waals surface area (Å²) < 4.78 is 13.0. The molecule has 0 radical (unpaired) electrons. The van der Waals surface area contributed by atoms with Gasteiger partial charge in [0.1, 0.15) is 11.5 Å². The maximum absolute atomic E-state index is 6.29. The van der Waals surface area contributed by atoms with E-state index in [2.05, 4.69) is 0 Å². The normalized spacial score (nSPS) is 12.6. The molecule has 5 heteroatoms. The molecule has 0 bridgehead atoms. The van der Waals surface area contributed by atoms with E-state index in [-0.39, 0.29) is 0 Å². The van der Waals surface area contributed by atoms with E-state index in [0.29, 0.717) is 10.2 Å². The molecule has 20 heavy (non-hydrogen) atoms. The van der Waals surface area contributed by atoms with Gasteiger partial charge >= 0.3 is 0 Å². The molecule has 1 aliphatic heterocycles. The van der Waals surface area contributed by atoms with Crippen LogP contribution in [-0.4, -0.2) is 14.2 Å². The number of fused-ring (bicyclic) bond motifs is 3. The van der Waals surface area contributed by atoms with Gasteiger partial charge in [0.25, 0.3) is 5.15 Å². The van der Waals surface area contributed by atoms with Crippen molar-refractivity contribution in [1.82, 2.24) is 0 Å². The molecule has 0 unspecified atom stereocenters. The zero-order chi connectivity index (χ0) is 14.3. The Morgan fingerprint density at radius 2 is 1.75 bits per heavy atom. The number of halogens is 2. The Kier molecular flexibility index (Phi) is 3.48. The molecule has 0 fully saturated rings. The molecule has 0 saturated carbocycles. The molecule has 0 atom stereocenters. The predicted octanol–water partition coefficient (Wildman–Crippen LogP) is 3.52. The van der Waals surface area contributed by atoms with Gasteiger partial charge in [-0.25, -0.2) is 0 Å². The van der Waals surface area contributed by atoms with Crippen molar-refractivity contribution in [3.05, 3.63) is 40.0 Å². The van der Waals surface area contributed by atoms with Gasteiger partial charge in [-0.2, -0.15) is 4.57 Å². The fraction of sp³-hybridized carbons (Fsp3) is 0.267. The summed E-state index contributed by atoms with van der Waals surface area (Å²) in [5, 5.41) is 1.24. The Labute approximate surface area is 127 Å². The van der Waals surface area contributed by atoms with Crippen LogP contribution in [0.5, 0.6) is 11.5 Å². The summed E-state index contributed by atoms with van der Waals surface area (Å²) in [6, 6.07) is 7.50. The Balaban J connectivity index is 2.35. The number of aromatic nitrogens is 1. The van der Waals surface area contributed by atoms with Crippen LogP contribution in [0.25, 0.3) is 11.3 Å². The minimum Gasteiger partial charge on any atom is -0.496 e.